The van der Waals surface area contributed by atoms with E-state index >= 15 is 0 Å². The summed E-state index contributed by atoms with van der Waals surface area (Å²) in [6.45, 7) is 0.701. The lowest BCUT2D eigenvalue weighted by atomic mass is 10.0. The second-order valence-electron chi connectivity index (χ2n) is 4.04. The Labute approximate surface area is 86.9 Å². The summed E-state index contributed by atoms with van der Waals surface area (Å²) < 4.78 is 5.58. The quantitative estimate of drug-likeness (QED) is 0.700. The minimum Gasteiger partial charge on any atom is -0.492 e. The highest BCUT2D eigenvalue weighted by atomic mass is 16.7. The molecule has 0 aromatic heterocycles. The van der Waals surface area contributed by atoms with Crippen LogP contribution in [0.2, 0.25) is 0 Å². The first kappa shape index (κ1) is 8.73. The van der Waals surface area contributed by atoms with Crippen molar-refractivity contribution < 1.29 is 14.4 Å². The normalized spacial score (nSPS) is 25.9. The molecule has 2 unspecified atom stereocenters. The second-order valence-corrected chi connectivity index (χ2v) is 4.04. The first-order valence-corrected chi connectivity index (χ1v) is 4.98. The van der Waals surface area contributed by atoms with Crippen molar-refractivity contribution in [3.8, 4) is 5.75 Å². The number of para-hydroxylation sites is 1. The lowest BCUT2D eigenvalue weighted by Gasteiger charge is -2.18. The zero-order valence-electron chi connectivity index (χ0n) is 8.10. The molecule has 1 saturated carbocycles. The predicted molar refractivity (Wildman–Crippen MR) is 52.4 cm³/mol. The van der Waals surface area contributed by atoms with Gasteiger partial charge >= 0.3 is 5.97 Å². The zero-order valence-corrected chi connectivity index (χ0v) is 8.10. The lowest BCUT2D eigenvalue weighted by Crippen LogP contribution is -2.16. The van der Waals surface area contributed by atoms with Gasteiger partial charge in [-0.1, -0.05) is 12.1 Å². The molecular formula is C11H11NO3. The largest absolute Gasteiger partial charge is 0.492 e. The number of hydrogen-bond acceptors (Lipinski definition) is 4. The number of rotatable bonds is 1. The molecule has 1 aliphatic heterocycles. The first-order valence-electron chi connectivity index (χ1n) is 4.98. The van der Waals surface area contributed by atoms with Crippen LogP contribution in [0.5, 0.6) is 5.75 Å². The van der Waals surface area contributed by atoms with Crippen molar-refractivity contribution in [3.63, 3.8) is 0 Å². The van der Waals surface area contributed by atoms with Gasteiger partial charge < -0.3 is 9.57 Å². The number of fused-ring (bicyclic) bond motifs is 3. The molecule has 0 spiro atoms. The van der Waals surface area contributed by atoms with Gasteiger partial charge in [-0.05, 0) is 24.0 Å². The average molecular weight is 205 g/mol. The Morgan fingerprint density at radius 1 is 1.53 bits per heavy atom. The summed E-state index contributed by atoms with van der Waals surface area (Å²) in [5, 5.41) is 0. The number of ether oxygens (including phenoxy) is 1. The highest BCUT2D eigenvalue weighted by Gasteiger charge is 2.44. The second kappa shape index (κ2) is 2.97. The molecule has 78 valence electrons. The van der Waals surface area contributed by atoms with Gasteiger partial charge in [-0.2, -0.15) is 5.90 Å². The third-order valence-corrected chi connectivity index (χ3v) is 3.14. The van der Waals surface area contributed by atoms with E-state index in [1.54, 1.807) is 6.07 Å². The molecule has 0 amide bonds. The summed E-state index contributed by atoms with van der Waals surface area (Å²) in [7, 11) is 0. The van der Waals surface area contributed by atoms with Gasteiger partial charge in [0.05, 0.1) is 6.61 Å². The van der Waals surface area contributed by atoms with Crippen molar-refractivity contribution in [3.05, 3.63) is 29.3 Å². The van der Waals surface area contributed by atoms with Crippen LogP contribution in [0, 0.1) is 5.92 Å². The van der Waals surface area contributed by atoms with E-state index in [1.807, 2.05) is 12.1 Å². The van der Waals surface area contributed by atoms with Crippen molar-refractivity contribution in [1.82, 2.24) is 0 Å². The number of carbonyl (C=O) groups excluding carboxylic acids is 1. The Morgan fingerprint density at radius 2 is 2.40 bits per heavy atom. The Hall–Kier alpha value is -1.55. The summed E-state index contributed by atoms with van der Waals surface area (Å²) in [6.07, 6.45) is 1.16. The Kier molecular flexibility index (Phi) is 1.73. The van der Waals surface area contributed by atoms with E-state index in [2.05, 4.69) is 4.84 Å². The molecule has 1 aromatic carbocycles. The van der Waals surface area contributed by atoms with E-state index in [9.17, 15) is 4.79 Å². The maximum atomic E-state index is 11.4. The molecule has 1 aliphatic carbocycles. The monoisotopic (exact) mass is 205 g/mol. The van der Waals surface area contributed by atoms with Crippen molar-refractivity contribution in [2.24, 2.45) is 11.8 Å². The molecule has 15 heavy (non-hydrogen) atoms. The third-order valence-electron chi connectivity index (χ3n) is 3.14. The smallest absolute Gasteiger partial charge is 0.360 e. The van der Waals surface area contributed by atoms with Gasteiger partial charge in [0, 0.05) is 5.92 Å². The Bertz CT molecular complexity index is 430. The highest BCUT2D eigenvalue weighted by molar-refractivity contribution is 5.93. The molecule has 2 aliphatic rings. The van der Waals surface area contributed by atoms with Gasteiger partial charge in [0.25, 0.3) is 0 Å². The first-order chi connectivity index (χ1) is 7.31. The molecule has 0 radical (unpaired) electrons. The van der Waals surface area contributed by atoms with Crippen molar-refractivity contribution in [2.45, 2.75) is 12.3 Å². The van der Waals surface area contributed by atoms with E-state index in [4.69, 9.17) is 10.6 Å². The molecule has 0 saturated heterocycles. The molecule has 1 aromatic rings. The van der Waals surface area contributed by atoms with Gasteiger partial charge in [-0.15, -0.1) is 0 Å². The molecule has 2 N–H and O–H groups in total. The van der Waals surface area contributed by atoms with Crippen molar-refractivity contribution in [2.75, 3.05) is 6.61 Å². The summed E-state index contributed by atoms with van der Waals surface area (Å²) in [6, 6.07) is 5.53. The van der Waals surface area contributed by atoms with Crippen LogP contribution in [0.4, 0.5) is 0 Å². The topological polar surface area (TPSA) is 61.5 Å². The molecule has 0 bridgehead atoms. The van der Waals surface area contributed by atoms with Crippen molar-refractivity contribution >= 4 is 5.97 Å². The average Bonchev–Trinajstić information content (AvgIpc) is 3.06. The fraction of sp³-hybridized carbons (Fsp3) is 0.364. The van der Waals surface area contributed by atoms with Crippen molar-refractivity contribution in [1.29, 1.82) is 0 Å². The van der Waals surface area contributed by atoms with Crippen LogP contribution in [0.25, 0.3) is 0 Å². The third kappa shape index (κ3) is 1.22. The fourth-order valence-corrected chi connectivity index (χ4v) is 2.24. The Balaban J connectivity index is 2.09. The number of benzene rings is 1. The van der Waals surface area contributed by atoms with Gasteiger partial charge in [0.15, 0.2) is 0 Å². The fourth-order valence-electron chi connectivity index (χ4n) is 2.24. The number of hydrogen-bond donors (Lipinski definition) is 1. The molecular weight excluding hydrogens is 194 g/mol. The van der Waals surface area contributed by atoms with Gasteiger partial charge in [-0.3, -0.25) is 0 Å². The molecule has 4 heteroatoms. The zero-order chi connectivity index (χ0) is 10.4. The molecule has 1 fully saturated rings. The summed E-state index contributed by atoms with van der Waals surface area (Å²) >= 11 is 0. The predicted octanol–water partition coefficient (Wildman–Crippen LogP) is 1.21. The van der Waals surface area contributed by atoms with E-state index < -0.39 is 5.97 Å². The van der Waals surface area contributed by atoms with Crippen LogP contribution in [0.15, 0.2) is 18.2 Å². The maximum Gasteiger partial charge on any atom is 0.360 e. The minimum atomic E-state index is -0.536. The summed E-state index contributed by atoms with van der Waals surface area (Å²) in [5.41, 5.74) is 1.55. The lowest BCUT2D eigenvalue weighted by molar-refractivity contribution is 0.0497. The van der Waals surface area contributed by atoms with Gasteiger partial charge in [-0.25, -0.2) is 4.79 Å². The summed E-state index contributed by atoms with van der Waals surface area (Å²) in [5.74, 6) is 6.21. The van der Waals surface area contributed by atoms with Crippen LogP contribution >= 0.6 is 0 Å². The van der Waals surface area contributed by atoms with Crippen LogP contribution in [0.3, 0.4) is 0 Å². The number of nitrogens with two attached hydrogens (primary N) is 1. The van der Waals surface area contributed by atoms with Crippen LogP contribution in [-0.4, -0.2) is 12.6 Å². The highest BCUT2D eigenvalue weighted by Crippen LogP contribution is 2.54. The van der Waals surface area contributed by atoms with Crippen LogP contribution in [-0.2, 0) is 4.84 Å². The van der Waals surface area contributed by atoms with E-state index in [0.717, 1.165) is 12.0 Å². The molecule has 3 rings (SSSR count). The molecule has 4 nitrogen and oxygen atoms in total. The van der Waals surface area contributed by atoms with E-state index in [1.165, 1.54) is 0 Å². The van der Waals surface area contributed by atoms with Gasteiger partial charge in [0.2, 0.25) is 0 Å². The minimum absolute atomic E-state index is 0.431. The standard InChI is InChI=1S/C11H11NO3/c12-15-11(13)8-3-1-2-7-9-4-6(9)5-14-10(7)8/h1-3,6,9H,4-5,12H2. The number of carbonyl (C=O) groups is 1. The maximum absolute atomic E-state index is 11.4. The SMILES string of the molecule is NOC(=O)c1cccc2c1OCC1CC21. The molecule has 2 atom stereocenters. The summed E-state index contributed by atoms with van der Waals surface area (Å²) in [4.78, 5) is 15.6. The van der Waals surface area contributed by atoms with Gasteiger partial charge in [0.1, 0.15) is 11.3 Å². The van der Waals surface area contributed by atoms with Crippen LogP contribution in [0.1, 0.15) is 28.3 Å². The van der Waals surface area contributed by atoms with E-state index in [0.29, 0.717) is 29.8 Å². The molecule has 1 heterocycles. The Morgan fingerprint density at radius 3 is 3.20 bits per heavy atom. The van der Waals surface area contributed by atoms with Crippen LogP contribution < -0.4 is 10.6 Å². The van der Waals surface area contributed by atoms with E-state index in [-0.39, 0.29) is 0 Å².